The Labute approximate surface area is 200 Å². The second-order valence-electron chi connectivity index (χ2n) is 8.97. The van der Waals surface area contributed by atoms with Crippen molar-refractivity contribution in [1.29, 1.82) is 0 Å². The number of amides is 1. The van der Waals surface area contributed by atoms with E-state index in [1.807, 2.05) is 36.6 Å². The Bertz CT molecular complexity index is 1230. The van der Waals surface area contributed by atoms with Gasteiger partial charge in [0, 0.05) is 23.2 Å². The summed E-state index contributed by atoms with van der Waals surface area (Å²) in [5.74, 6) is 0.00361. The van der Waals surface area contributed by atoms with Gasteiger partial charge in [0.05, 0.1) is 24.2 Å². The topological polar surface area (TPSA) is 72.3 Å². The number of halogens is 1. The molecule has 6 nitrogen and oxygen atoms in total. The molecule has 0 N–H and O–H groups in total. The van der Waals surface area contributed by atoms with Crippen molar-refractivity contribution >= 4 is 27.3 Å². The lowest BCUT2D eigenvalue weighted by atomic mass is 10.1. The highest BCUT2D eigenvalue weighted by Crippen LogP contribution is 2.39. The lowest BCUT2D eigenvalue weighted by molar-refractivity contribution is 0.0718. The van der Waals surface area contributed by atoms with Crippen LogP contribution in [-0.4, -0.2) is 35.3 Å². The minimum absolute atomic E-state index is 0.0866. The molecule has 1 aromatic heterocycles. The van der Waals surface area contributed by atoms with Crippen molar-refractivity contribution in [3.05, 3.63) is 82.6 Å². The molecule has 2 aromatic carbocycles. The summed E-state index contributed by atoms with van der Waals surface area (Å²) in [6, 6.07) is 16.1. The van der Waals surface area contributed by atoms with E-state index in [2.05, 4.69) is 4.98 Å². The molecule has 0 bridgehead atoms. The van der Waals surface area contributed by atoms with Gasteiger partial charge in [0.25, 0.3) is 5.91 Å². The van der Waals surface area contributed by atoms with Crippen LogP contribution in [0.4, 0.5) is 0 Å². The van der Waals surface area contributed by atoms with E-state index in [4.69, 9.17) is 11.6 Å². The number of sulfone groups is 1. The van der Waals surface area contributed by atoms with Crippen molar-refractivity contribution in [2.24, 2.45) is 5.92 Å². The summed E-state index contributed by atoms with van der Waals surface area (Å²) in [6.45, 7) is 4.92. The summed E-state index contributed by atoms with van der Waals surface area (Å²) < 4.78 is 28.3. The fraction of sp³-hybridized carbons (Fsp3) is 0.360. The van der Waals surface area contributed by atoms with Crippen LogP contribution in [-0.2, 0) is 22.1 Å². The van der Waals surface area contributed by atoms with Crippen LogP contribution in [0.1, 0.15) is 54.3 Å². The highest BCUT2D eigenvalue weighted by Gasteiger charge is 2.34. The molecule has 174 valence electrons. The van der Waals surface area contributed by atoms with E-state index in [-0.39, 0.29) is 35.3 Å². The molecule has 0 radical (unpaired) electrons. The Morgan fingerprint density at radius 2 is 1.88 bits per heavy atom. The molecule has 3 aromatic rings. The molecule has 0 spiro atoms. The zero-order valence-electron chi connectivity index (χ0n) is 18.8. The first-order chi connectivity index (χ1) is 15.7. The molecule has 8 heteroatoms. The molecule has 1 aliphatic rings. The molecule has 1 heterocycles. The van der Waals surface area contributed by atoms with E-state index in [1.54, 1.807) is 47.5 Å². The molecule has 0 unspecified atom stereocenters. The maximum Gasteiger partial charge on any atom is 0.254 e. The quantitative estimate of drug-likeness (QED) is 0.420. The van der Waals surface area contributed by atoms with E-state index in [9.17, 15) is 13.2 Å². The lowest BCUT2D eigenvalue weighted by Crippen LogP contribution is -2.34. The molecule has 0 aliphatic heterocycles. The van der Waals surface area contributed by atoms with Crippen molar-refractivity contribution in [2.75, 3.05) is 6.54 Å². The van der Waals surface area contributed by atoms with Crippen LogP contribution >= 0.6 is 11.6 Å². The van der Waals surface area contributed by atoms with Crippen LogP contribution < -0.4 is 0 Å². The van der Waals surface area contributed by atoms with E-state index in [0.717, 1.165) is 24.1 Å². The number of rotatable bonds is 9. The number of carbonyl (C=O) groups is 1. The standard InChI is InChI=1S/C25H28ClN3O3S/c1-18(2)15-28(24(30)20-9-6-10-21(26)13-20)16-23-14-27-25(29(23)22-11-12-22)33(31,32)17-19-7-4-3-5-8-19/h3-10,13-14,18,22H,11-12,15-17H2,1-2H3. The molecule has 0 saturated heterocycles. The van der Waals surface area contributed by atoms with Gasteiger partial charge in [0.15, 0.2) is 0 Å². The molecule has 1 aliphatic carbocycles. The fourth-order valence-electron chi connectivity index (χ4n) is 3.97. The van der Waals surface area contributed by atoms with Gasteiger partial charge >= 0.3 is 0 Å². The Hall–Kier alpha value is -2.64. The lowest BCUT2D eigenvalue weighted by Gasteiger charge is -2.25. The predicted molar refractivity (Wildman–Crippen MR) is 129 cm³/mol. The van der Waals surface area contributed by atoms with Gasteiger partial charge in [0.2, 0.25) is 15.0 Å². The summed E-state index contributed by atoms with van der Waals surface area (Å²) in [7, 11) is -3.63. The predicted octanol–water partition coefficient (Wildman–Crippen LogP) is 5.14. The first kappa shape index (κ1) is 23.5. The minimum atomic E-state index is -3.63. The van der Waals surface area contributed by atoms with Crippen LogP contribution in [0.15, 0.2) is 66.0 Å². The molecule has 1 saturated carbocycles. The largest absolute Gasteiger partial charge is 0.333 e. The number of aromatic nitrogens is 2. The Kier molecular flexibility index (Phi) is 6.91. The fourth-order valence-corrected chi connectivity index (χ4v) is 5.70. The third kappa shape index (κ3) is 5.65. The van der Waals surface area contributed by atoms with Crippen LogP contribution in [0.2, 0.25) is 5.02 Å². The maximum atomic E-state index is 13.3. The van der Waals surface area contributed by atoms with Gasteiger partial charge < -0.3 is 9.47 Å². The second kappa shape index (κ2) is 9.69. The first-order valence-corrected chi connectivity index (χ1v) is 13.2. The first-order valence-electron chi connectivity index (χ1n) is 11.1. The Balaban J connectivity index is 1.65. The molecule has 1 fully saturated rings. The van der Waals surface area contributed by atoms with Gasteiger partial charge in [-0.05, 0) is 42.5 Å². The third-order valence-corrected chi connectivity index (χ3v) is 7.33. The van der Waals surface area contributed by atoms with Gasteiger partial charge in [-0.1, -0.05) is 61.8 Å². The zero-order chi connectivity index (χ0) is 23.6. The van der Waals surface area contributed by atoms with Crippen molar-refractivity contribution in [2.45, 2.75) is 50.2 Å². The number of hydrogen-bond donors (Lipinski definition) is 0. The molecule has 0 atom stereocenters. The normalized spacial score (nSPS) is 13.9. The van der Waals surface area contributed by atoms with Gasteiger partial charge in [-0.15, -0.1) is 0 Å². The number of carbonyl (C=O) groups excluding carboxylic acids is 1. The van der Waals surface area contributed by atoms with Crippen LogP contribution in [0.25, 0.3) is 0 Å². The molecule has 1 amide bonds. The SMILES string of the molecule is CC(C)CN(Cc1cnc(S(=O)(=O)Cc2ccccc2)n1C1CC1)C(=O)c1cccc(Cl)c1. The monoisotopic (exact) mass is 485 g/mol. The summed E-state index contributed by atoms with van der Waals surface area (Å²) in [6.07, 6.45) is 3.42. The summed E-state index contributed by atoms with van der Waals surface area (Å²) in [4.78, 5) is 19.4. The van der Waals surface area contributed by atoms with Gasteiger partial charge in [-0.2, -0.15) is 0 Å². The van der Waals surface area contributed by atoms with E-state index < -0.39 is 9.84 Å². The number of benzene rings is 2. The third-order valence-electron chi connectivity index (χ3n) is 5.53. The molecule has 33 heavy (non-hydrogen) atoms. The number of imidazole rings is 1. The van der Waals surface area contributed by atoms with Gasteiger partial charge in [-0.3, -0.25) is 4.79 Å². The van der Waals surface area contributed by atoms with Crippen molar-refractivity contribution in [3.63, 3.8) is 0 Å². The highest BCUT2D eigenvalue weighted by molar-refractivity contribution is 7.90. The minimum Gasteiger partial charge on any atom is -0.333 e. The van der Waals surface area contributed by atoms with E-state index in [1.165, 1.54) is 0 Å². The molecular formula is C25H28ClN3O3S. The van der Waals surface area contributed by atoms with E-state index >= 15 is 0 Å². The van der Waals surface area contributed by atoms with Gasteiger partial charge in [0.1, 0.15) is 0 Å². The Morgan fingerprint density at radius 1 is 1.15 bits per heavy atom. The zero-order valence-corrected chi connectivity index (χ0v) is 20.4. The average Bonchev–Trinajstić information content (AvgIpc) is 3.52. The maximum absolute atomic E-state index is 13.3. The molecular weight excluding hydrogens is 458 g/mol. The van der Waals surface area contributed by atoms with Crippen molar-refractivity contribution in [1.82, 2.24) is 14.5 Å². The van der Waals surface area contributed by atoms with Crippen LogP contribution in [0, 0.1) is 5.92 Å². The smallest absolute Gasteiger partial charge is 0.254 e. The van der Waals surface area contributed by atoms with Crippen molar-refractivity contribution < 1.29 is 13.2 Å². The molecule has 4 rings (SSSR count). The van der Waals surface area contributed by atoms with Gasteiger partial charge in [-0.25, -0.2) is 13.4 Å². The summed E-state index contributed by atoms with van der Waals surface area (Å²) >= 11 is 6.10. The second-order valence-corrected chi connectivity index (χ2v) is 11.3. The number of hydrogen-bond acceptors (Lipinski definition) is 4. The highest BCUT2D eigenvalue weighted by atomic mass is 35.5. The number of nitrogens with zero attached hydrogens (tertiary/aromatic N) is 3. The summed E-state index contributed by atoms with van der Waals surface area (Å²) in [5.41, 5.74) is 1.97. The van der Waals surface area contributed by atoms with Crippen LogP contribution in [0.5, 0.6) is 0 Å². The Morgan fingerprint density at radius 3 is 2.52 bits per heavy atom. The van der Waals surface area contributed by atoms with Crippen molar-refractivity contribution in [3.8, 4) is 0 Å². The average molecular weight is 486 g/mol. The summed E-state index contributed by atoms with van der Waals surface area (Å²) in [5, 5.41) is 0.589. The van der Waals surface area contributed by atoms with E-state index in [0.29, 0.717) is 17.1 Å². The van der Waals surface area contributed by atoms with Crippen LogP contribution in [0.3, 0.4) is 0 Å².